The van der Waals surface area contributed by atoms with Gasteiger partial charge in [0.2, 0.25) is 0 Å². The smallest absolute Gasteiger partial charge is 0.0276 e. The zero-order valence-corrected chi connectivity index (χ0v) is 17.1. The van der Waals surface area contributed by atoms with E-state index in [1.165, 1.54) is 102 Å². The summed E-state index contributed by atoms with van der Waals surface area (Å²) >= 11 is 0. The molecule has 1 aliphatic carbocycles. The summed E-state index contributed by atoms with van der Waals surface area (Å²) in [6, 6.07) is 9.49. The van der Waals surface area contributed by atoms with Crippen molar-refractivity contribution >= 4 is 0 Å². The summed E-state index contributed by atoms with van der Waals surface area (Å²) in [7, 11) is 0. The Morgan fingerprint density at radius 2 is 1.12 bits per heavy atom. The van der Waals surface area contributed by atoms with Crippen LogP contribution in [-0.4, -0.2) is 0 Å². The summed E-state index contributed by atoms with van der Waals surface area (Å²) in [4.78, 5) is 0. The molecule has 1 aromatic carbocycles. The molecule has 1 aromatic rings. The SMILES string of the molecule is CCCCCCCC1CCC(CCc2ccc(CCCC)cc2)CC1. The van der Waals surface area contributed by atoms with E-state index in [1.54, 1.807) is 5.56 Å². The third-order valence-electron chi connectivity index (χ3n) is 6.37. The molecule has 0 atom stereocenters. The van der Waals surface area contributed by atoms with Crippen LogP contribution in [0.1, 0.15) is 108 Å². The molecule has 0 spiro atoms. The molecule has 1 saturated carbocycles. The lowest BCUT2D eigenvalue weighted by molar-refractivity contribution is 0.248. The van der Waals surface area contributed by atoms with Gasteiger partial charge in [-0.3, -0.25) is 0 Å². The fraction of sp³-hybridized carbons (Fsp3) is 0.760. The topological polar surface area (TPSA) is 0 Å². The van der Waals surface area contributed by atoms with Gasteiger partial charge in [-0.25, -0.2) is 0 Å². The standard InChI is InChI=1S/C25H42/c1-3-5-7-8-9-11-23-14-18-25(19-15-23)21-20-24-16-12-22(13-17-24)10-6-4-2/h12-13,16-17,23,25H,3-11,14-15,18-21H2,1-2H3. The fourth-order valence-corrected chi connectivity index (χ4v) is 4.47. The molecule has 142 valence electrons. The summed E-state index contributed by atoms with van der Waals surface area (Å²) in [6.07, 6.45) is 21.3. The van der Waals surface area contributed by atoms with Gasteiger partial charge in [-0.15, -0.1) is 0 Å². The van der Waals surface area contributed by atoms with E-state index < -0.39 is 0 Å². The quantitative estimate of drug-likeness (QED) is 0.336. The molecule has 0 aromatic heterocycles. The second-order valence-electron chi connectivity index (χ2n) is 8.55. The highest BCUT2D eigenvalue weighted by Gasteiger charge is 2.20. The van der Waals surface area contributed by atoms with E-state index >= 15 is 0 Å². The van der Waals surface area contributed by atoms with E-state index in [-0.39, 0.29) is 0 Å². The van der Waals surface area contributed by atoms with Gasteiger partial charge < -0.3 is 0 Å². The van der Waals surface area contributed by atoms with E-state index in [0.717, 1.165) is 11.8 Å². The van der Waals surface area contributed by atoms with Crippen molar-refractivity contribution in [3.63, 3.8) is 0 Å². The number of benzene rings is 1. The third kappa shape index (κ3) is 8.43. The molecule has 0 N–H and O–H groups in total. The van der Waals surface area contributed by atoms with Gasteiger partial charge in [-0.2, -0.15) is 0 Å². The van der Waals surface area contributed by atoms with Crippen LogP contribution in [0.25, 0.3) is 0 Å². The monoisotopic (exact) mass is 342 g/mol. The van der Waals surface area contributed by atoms with Crippen LogP contribution in [0.3, 0.4) is 0 Å². The Morgan fingerprint density at radius 3 is 1.72 bits per heavy atom. The summed E-state index contributed by atoms with van der Waals surface area (Å²) in [5.74, 6) is 2.05. The minimum absolute atomic E-state index is 0.996. The van der Waals surface area contributed by atoms with Crippen LogP contribution in [0.15, 0.2) is 24.3 Å². The average Bonchev–Trinajstić information content (AvgIpc) is 2.66. The molecular weight excluding hydrogens is 300 g/mol. The average molecular weight is 343 g/mol. The highest BCUT2D eigenvalue weighted by atomic mass is 14.3. The van der Waals surface area contributed by atoms with Crippen LogP contribution in [0, 0.1) is 11.8 Å². The molecule has 0 amide bonds. The third-order valence-corrected chi connectivity index (χ3v) is 6.37. The second-order valence-corrected chi connectivity index (χ2v) is 8.55. The maximum absolute atomic E-state index is 2.38. The minimum atomic E-state index is 0.996. The molecule has 1 aliphatic rings. The van der Waals surface area contributed by atoms with Crippen molar-refractivity contribution in [3.8, 4) is 0 Å². The first kappa shape index (κ1) is 20.5. The van der Waals surface area contributed by atoms with Gasteiger partial charge in [0.15, 0.2) is 0 Å². The Balaban J connectivity index is 1.57. The van der Waals surface area contributed by atoms with Crippen LogP contribution in [0.5, 0.6) is 0 Å². The minimum Gasteiger partial charge on any atom is -0.0654 e. The van der Waals surface area contributed by atoms with E-state index in [4.69, 9.17) is 0 Å². The molecular formula is C25H42. The van der Waals surface area contributed by atoms with Crippen molar-refractivity contribution in [2.75, 3.05) is 0 Å². The van der Waals surface area contributed by atoms with E-state index in [2.05, 4.69) is 38.1 Å². The lowest BCUT2D eigenvalue weighted by Gasteiger charge is -2.28. The maximum Gasteiger partial charge on any atom is -0.0276 e. The predicted octanol–water partition coefficient (Wildman–Crippen LogP) is 8.13. The van der Waals surface area contributed by atoms with Crippen molar-refractivity contribution in [2.24, 2.45) is 11.8 Å². The fourth-order valence-electron chi connectivity index (χ4n) is 4.47. The predicted molar refractivity (Wildman–Crippen MR) is 112 cm³/mol. The van der Waals surface area contributed by atoms with E-state index in [1.807, 2.05) is 0 Å². The molecule has 0 bridgehead atoms. The highest BCUT2D eigenvalue weighted by molar-refractivity contribution is 5.22. The molecule has 0 saturated heterocycles. The van der Waals surface area contributed by atoms with Gasteiger partial charge in [0, 0.05) is 0 Å². The summed E-state index contributed by atoms with van der Waals surface area (Å²) in [5, 5.41) is 0. The van der Waals surface area contributed by atoms with Gasteiger partial charge in [0.25, 0.3) is 0 Å². The van der Waals surface area contributed by atoms with Crippen molar-refractivity contribution in [1.82, 2.24) is 0 Å². The van der Waals surface area contributed by atoms with Crippen LogP contribution >= 0.6 is 0 Å². The van der Waals surface area contributed by atoms with Gasteiger partial charge in [0.05, 0.1) is 0 Å². The number of unbranched alkanes of at least 4 members (excludes halogenated alkanes) is 5. The molecule has 0 heterocycles. The lowest BCUT2D eigenvalue weighted by atomic mass is 9.77. The summed E-state index contributed by atoms with van der Waals surface area (Å²) in [6.45, 7) is 4.58. The van der Waals surface area contributed by atoms with Crippen LogP contribution < -0.4 is 0 Å². The Morgan fingerprint density at radius 1 is 0.600 bits per heavy atom. The van der Waals surface area contributed by atoms with Gasteiger partial charge in [0.1, 0.15) is 0 Å². The molecule has 0 heteroatoms. The van der Waals surface area contributed by atoms with Crippen LogP contribution in [0.2, 0.25) is 0 Å². The van der Waals surface area contributed by atoms with Crippen LogP contribution in [-0.2, 0) is 12.8 Å². The molecule has 0 aliphatic heterocycles. The Bertz CT molecular complexity index is 422. The molecule has 0 unspecified atom stereocenters. The van der Waals surface area contributed by atoms with Crippen molar-refractivity contribution in [1.29, 1.82) is 0 Å². The largest absolute Gasteiger partial charge is 0.0654 e. The van der Waals surface area contributed by atoms with E-state index in [9.17, 15) is 0 Å². The number of rotatable bonds is 12. The first-order valence-electron chi connectivity index (χ1n) is 11.4. The Kier molecular flexibility index (Phi) is 10.3. The Labute approximate surface area is 157 Å². The summed E-state index contributed by atoms with van der Waals surface area (Å²) < 4.78 is 0. The zero-order valence-electron chi connectivity index (χ0n) is 17.1. The number of hydrogen-bond acceptors (Lipinski definition) is 0. The molecule has 1 fully saturated rings. The van der Waals surface area contributed by atoms with Gasteiger partial charge >= 0.3 is 0 Å². The molecule has 0 radical (unpaired) electrons. The first-order chi connectivity index (χ1) is 12.3. The lowest BCUT2D eigenvalue weighted by Crippen LogP contribution is -2.15. The normalized spacial score (nSPS) is 20.7. The highest BCUT2D eigenvalue weighted by Crippen LogP contribution is 2.34. The van der Waals surface area contributed by atoms with Gasteiger partial charge in [-0.1, -0.05) is 109 Å². The maximum atomic E-state index is 2.38. The van der Waals surface area contributed by atoms with Crippen molar-refractivity contribution < 1.29 is 0 Å². The molecule has 2 rings (SSSR count). The van der Waals surface area contributed by atoms with Gasteiger partial charge in [-0.05, 0) is 48.6 Å². The molecule has 25 heavy (non-hydrogen) atoms. The summed E-state index contributed by atoms with van der Waals surface area (Å²) in [5.41, 5.74) is 3.07. The van der Waals surface area contributed by atoms with Crippen molar-refractivity contribution in [2.45, 2.75) is 110 Å². The van der Waals surface area contributed by atoms with Crippen LogP contribution in [0.4, 0.5) is 0 Å². The van der Waals surface area contributed by atoms with E-state index in [0.29, 0.717) is 0 Å². The number of aryl methyl sites for hydroxylation is 2. The Hall–Kier alpha value is -0.780. The first-order valence-corrected chi connectivity index (χ1v) is 11.4. The second kappa shape index (κ2) is 12.6. The zero-order chi connectivity index (χ0) is 17.7. The van der Waals surface area contributed by atoms with Crippen molar-refractivity contribution in [3.05, 3.63) is 35.4 Å². The number of hydrogen-bond donors (Lipinski definition) is 0. The molecule has 0 nitrogen and oxygen atoms in total.